The lowest BCUT2D eigenvalue weighted by molar-refractivity contribution is -0.0190. The van der Waals surface area contributed by atoms with Gasteiger partial charge in [-0.3, -0.25) is 0 Å². The van der Waals surface area contributed by atoms with Crippen molar-refractivity contribution in [2.24, 2.45) is 0 Å². The summed E-state index contributed by atoms with van der Waals surface area (Å²) in [6, 6.07) is 8.77. The van der Waals surface area contributed by atoms with Gasteiger partial charge < -0.3 is 18.9 Å². The SMILES string of the molecule is CCOCCOC(C)COC(=O)Oc1ccccc1. The van der Waals surface area contributed by atoms with Crippen molar-refractivity contribution in [3.63, 3.8) is 0 Å². The van der Waals surface area contributed by atoms with Crippen LogP contribution in [0.1, 0.15) is 13.8 Å². The average molecular weight is 268 g/mol. The van der Waals surface area contributed by atoms with Gasteiger partial charge in [-0.1, -0.05) is 18.2 Å². The Bertz CT molecular complexity index is 352. The lowest BCUT2D eigenvalue weighted by Gasteiger charge is -2.13. The molecule has 5 nitrogen and oxygen atoms in total. The van der Waals surface area contributed by atoms with E-state index in [0.717, 1.165) is 0 Å². The van der Waals surface area contributed by atoms with Crippen LogP contribution >= 0.6 is 0 Å². The summed E-state index contributed by atoms with van der Waals surface area (Å²) in [4.78, 5) is 11.4. The maximum Gasteiger partial charge on any atom is 0.513 e. The Morgan fingerprint density at radius 1 is 1.21 bits per heavy atom. The van der Waals surface area contributed by atoms with Crippen LogP contribution in [0, 0.1) is 0 Å². The average Bonchev–Trinajstić information content (AvgIpc) is 2.42. The molecule has 19 heavy (non-hydrogen) atoms. The van der Waals surface area contributed by atoms with Crippen LogP contribution in [0.25, 0.3) is 0 Å². The molecule has 1 aromatic carbocycles. The predicted octanol–water partition coefficient (Wildman–Crippen LogP) is 2.64. The minimum absolute atomic E-state index is 0.151. The van der Waals surface area contributed by atoms with Crippen molar-refractivity contribution < 1.29 is 23.7 Å². The first kappa shape index (κ1) is 15.5. The first-order valence-electron chi connectivity index (χ1n) is 6.31. The monoisotopic (exact) mass is 268 g/mol. The molecule has 0 amide bonds. The number of hydrogen-bond donors (Lipinski definition) is 0. The summed E-state index contributed by atoms with van der Waals surface area (Å²) >= 11 is 0. The molecule has 0 aromatic heterocycles. The van der Waals surface area contributed by atoms with E-state index < -0.39 is 6.16 Å². The molecule has 0 aliphatic carbocycles. The van der Waals surface area contributed by atoms with E-state index in [1.165, 1.54) is 0 Å². The Labute approximate surface area is 113 Å². The zero-order valence-electron chi connectivity index (χ0n) is 11.3. The van der Waals surface area contributed by atoms with Crippen LogP contribution in [0.5, 0.6) is 5.75 Å². The van der Waals surface area contributed by atoms with Crippen LogP contribution in [-0.2, 0) is 14.2 Å². The number of benzene rings is 1. The highest BCUT2D eigenvalue weighted by atomic mass is 16.7. The molecule has 0 spiro atoms. The van der Waals surface area contributed by atoms with E-state index in [9.17, 15) is 4.79 Å². The molecule has 0 saturated heterocycles. The second kappa shape index (κ2) is 9.35. The molecular weight excluding hydrogens is 248 g/mol. The van der Waals surface area contributed by atoms with Gasteiger partial charge in [-0.15, -0.1) is 0 Å². The second-order valence-electron chi connectivity index (χ2n) is 3.85. The van der Waals surface area contributed by atoms with Gasteiger partial charge in [0.05, 0.1) is 19.3 Å². The van der Waals surface area contributed by atoms with Gasteiger partial charge in [0.1, 0.15) is 12.4 Å². The van der Waals surface area contributed by atoms with Crippen LogP contribution in [0.3, 0.4) is 0 Å². The maximum absolute atomic E-state index is 11.4. The van der Waals surface area contributed by atoms with E-state index in [2.05, 4.69) is 0 Å². The lowest BCUT2D eigenvalue weighted by atomic mass is 10.3. The van der Waals surface area contributed by atoms with E-state index in [4.69, 9.17) is 18.9 Å². The summed E-state index contributed by atoms with van der Waals surface area (Å²) in [6.07, 6.45) is -0.921. The lowest BCUT2D eigenvalue weighted by Crippen LogP contribution is -2.22. The van der Waals surface area contributed by atoms with E-state index in [1.54, 1.807) is 24.3 Å². The van der Waals surface area contributed by atoms with Gasteiger partial charge in [0, 0.05) is 6.61 Å². The van der Waals surface area contributed by atoms with E-state index in [1.807, 2.05) is 19.9 Å². The zero-order chi connectivity index (χ0) is 13.9. The fourth-order valence-electron chi connectivity index (χ4n) is 1.30. The van der Waals surface area contributed by atoms with Crippen LogP contribution in [0.4, 0.5) is 4.79 Å². The summed E-state index contributed by atoms with van der Waals surface area (Å²) in [6.45, 7) is 5.57. The first-order valence-corrected chi connectivity index (χ1v) is 6.31. The molecule has 0 aliphatic heterocycles. The maximum atomic E-state index is 11.4. The van der Waals surface area contributed by atoms with Crippen molar-refractivity contribution in [3.05, 3.63) is 30.3 Å². The van der Waals surface area contributed by atoms with Crippen molar-refractivity contribution in [1.82, 2.24) is 0 Å². The molecule has 0 bridgehead atoms. The van der Waals surface area contributed by atoms with Gasteiger partial charge in [0.25, 0.3) is 0 Å². The summed E-state index contributed by atoms with van der Waals surface area (Å²) in [7, 11) is 0. The van der Waals surface area contributed by atoms with Gasteiger partial charge in [-0.05, 0) is 26.0 Å². The van der Waals surface area contributed by atoms with Crippen LogP contribution in [0.15, 0.2) is 30.3 Å². The Balaban J connectivity index is 2.12. The highest BCUT2D eigenvalue weighted by Crippen LogP contribution is 2.09. The quantitative estimate of drug-likeness (QED) is 0.412. The molecule has 1 rings (SSSR count). The molecule has 106 valence electrons. The molecule has 0 aliphatic rings. The van der Waals surface area contributed by atoms with Crippen molar-refractivity contribution in [1.29, 1.82) is 0 Å². The Hall–Kier alpha value is -1.59. The molecule has 5 heteroatoms. The number of hydrogen-bond acceptors (Lipinski definition) is 5. The fourth-order valence-corrected chi connectivity index (χ4v) is 1.30. The van der Waals surface area contributed by atoms with Gasteiger partial charge in [0.2, 0.25) is 0 Å². The van der Waals surface area contributed by atoms with Gasteiger partial charge in [0.15, 0.2) is 0 Å². The molecule has 1 atom stereocenters. The van der Waals surface area contributed by atoms with Crippen LogP contribution < -0.4 is 4.74 Å². The van der Waals surface area contributed by atoms with Crippen LogP contribution in [-0.4, -0.2) is 38.7 Å². The van der Waals surface area contributed by atoms with Gasteiger partial charge in [-0.2, -0.15) is 0 Å². The summed E-state index contributed by atoms with van der Waals surface area (Å²) in [5, 5.41) is 0. The standard InChI is InChI=1S/C14H20O5/c1-3-16-9-10-17-12(2)11-18-14(15)19-13-7-5-4-6-8-13/h4-8,12H,3,9-11H2,1-2H3. The number of carbonyl (C=O) groups excluding carboxylic acids is 1. The zero-order valence-corrected chi connectivity index (χ0v) is 11.3. The van der Waals surface area contributed by atoms with E-state index in [0.29, 0.717) is 25.6 Å². The topological polar surface area (TPSA) is 54.0 Å². The number of rotatable bonds is 8. The molecular formula is C14H20O5. The van der Waals surface area contributed by atoms with E-state index >= 15 is 0 Å². The molecule has 0 saturated carbocycles. The third kappa shape index (κ3) is 7.43. The highest BCUT2D eigenvalue weighted by molar-refractivity contribution is 5.63. The number of ether oxygens (including phenoxy) is 4. The van der Waals surface area contributed by atoms with Gasteiger partial charge in [-0.25, -0.2) is 4.79 Å². The van der Waals surface area contributed by atoms with Crippen molar-refractivity contribution in [2.75, 3.05) is 26.4 Å². The van der Waals surface area contributed by atoms with E-state index in [-0.39, 0.29) is 12.7 Å². The Kier molecular flexibility index (Phi) is 7.62. The van der Waals surface area contributed by atoms with Crippen molar-refractivity contribution in [2.45, 2.75) is 20.0 Å². The molecule has 0 fully saturated rings. The highest BCUT2D eigenvalue weighted by Gasteiger charge is 2.09. The summed E-state index contributed by atoms with van der Waals surface area (Å²) in [5.41, 5.74) is 0. The third-order valence-corrected chi connectivity index (χ3v) is 2.21. The largest absolute Gasteiger partial charge is 0.513 e. The molecule has 0 N–H and O–H groups in total. The molecule has 0 radical (unpaired) electrons. The molecule has 0 heterocycles. The van der Waals surface area contributed by atoms with Gasteiger partial charge >= 0.3 is 6.16 Å². The normalized spacial score (nSPS) is 11.9. The minimum atomic E-state index is -0.730. The van der Waals surface area contributed by atoms with Crippen molar-refractivity contribution in [3.8, 4) is 5.75 Å². The summed E-state index contributed by atoms with van der Waals surface area (Å²) in [5.74, 6) is 0.456. The first-order chi connectivity index (χ1) is 9.22. The van der Waals surface area contributed by atoms with Crippen molar-refractivity contribution >= 4 is 6.16 Å². The Morgan fingerprint density at radius 3 is 2.63 bits per heavy atom. The summed E-state index contributed by atoms with van der Waals surface area (Å²) < 4.78 is 20.4. The minimum Gasteiger partial charge on any atom is -0.431 e. The Morgan fingerprint density at radius 2 is 1.95 bits per heavy atom. The molecule has 1 aromatic rings. The second-order valence-corrected chi connectivity index (χ2v) is 3.85. The molecule has 1 unspecified atom stereocenters. The van der Waals surface area contributed by atoms with Crippen LogP contribution in [0.2, 0.25) is 0 Å². The fraction of sp³-hybridized carbons (Fsp3) is 0.500. The number of para-hydroxylation sites is 1. The number of carbonyl (C=O) groups is 1. The predicted molar refractivity (Wildman–Crippen MR) is 70.3 cm³/mol. The third-order valence-electron chi connectivity index (χ3n) is 2.21. The smallest absolute Gasteiger partial charge is 0.431 e.